The third-order valence-corrected chi connectivity index (χ3v) is 7.27. The van der Waals surface area contributed by atoms with Crippen LogP contribution in [0.15, 0.2) is 140 Å². The van der Waals surface area contributed by atoms with Crippen LogP contribution in [-0.4, -0.2) is 11.6 Å². The maximum atomic E-state index is 13.3. The van der Waals surface area contributed by atoms with E-state index in [0.717, 1.165) is 11.1 Å². The van der Waals surface area contributed by atoms with E-state index in [2.05, 4.69) is 0 Å². The van der Waals surface area contributed by atoms with E-state index >= 15 is 0 Å². The van der Waals surface area contributed by atoms with Gasteiger partial charge >= 0.3 is 0 Å². The van der Waals surface area contributed by atoms with Gasteiger partial charge in [0.2, 0.25) is 0 Å². The zero-order valence-electron chi connectivity index (χ0n) is 23.5. The Hall–Kier alpha value is -5.59. The van der Waals surface area contributed by atoms with E-state index in [1.54, 1.807) is 72.8 Å². The fraction of sp³-hybridized carbons (Fsp3) is 0. The largest absolute Gasteiger partial charge is 0.457 e. The topological polar surface area (TPSA) is 52.6 Å². The molecular weight excluding hydrogens is 594 g/mol. The van der Waals surface area contributed by atoms with Gasteiger partial charge in [0.25, 0.3) is 0 Å². The summed E-state index contributed by atoms with van der Waals surface area (Å²) in [4.78, 5) is 25.5. The Kier molecular flexibility index (Phi) is 8.49. The first-order valence-electron chi connectivity index (χ1n) is 13.9. The van der Waals surface area contributed by atoms with E-state index in [9.17, 15) is 18.4 Å². The first-order chi connectivity index (χ1) is 21.8. The van der Waals surface area contributed by atoms with Crippen molar-refractivity contribution < 1.29 is 27.8 Å². The van der Waals surface area contributed by atoms with Crippen molar-refractivity contribution in [1.82, 2.24) is 0 Å². The number of carbonyl (C=O) groups is 2. The van der Waals surface area contributed by atoms with E-state index in [-0.39, 0.29) is 11.6 Å². The molecule has 0 heterocycles. The summed E-state index contributed by atoms with van der Waals surface area (Å²) >= 11 is 6.14. The standard InChI is InChI=1S/C38H23ClF2O4/c39-29-11-1-24(2-12-29)35-23-34(44-32-17-7-27(8-18-32)37(42)25-3-13-30(40)14-4-25)21-22-36(35)45-33-19-9-28(10-20-33)38(43)26-5-15-31(41)16-6-26/h1-23H. The Morgan fingerprint density at radius 1 is 0.467 bits per heavy atom. The molecule has 220 valence electrons. The Balaban J connectivity index is 1.22. The monoisotopic (exact) mass is 616 g/mol. The highest BCUT2D eigenvalue weighted by molar-refractivity contribution is 6.30. The number of hydrogen-bond acceptors (Lipinski definition) is 4. The zero-order valence-corrected chi connectivity index (χ0v) is 24.3. The molecule has 0 spiro atoms. The Bertz CT molecular complexity index is 1970. The summed E-state index contributed by atoms with van der Waals surface area (Å²) in [7, 11) is 0. The van der Waals surface area contributed by atoms with Crippen molar-refractivity contribution in [3.63, 3.8) is 0 Å². The average Bonchev–Trinajstić information content (AvgIpc) is 3.07. The Morgan fingerprint density at radius 2 is 0.867 bits per heavy atom. The highest BCUT2D eigenvalue weighted by atomic mass is 35.5. The van der Waals surface area contributed by atoms with Gasteiger partial charge in [-0.2, -0.15) is 0 Å². The molecule has 0 amide bonds. The molecule has 0 N–H and O–H groups in total. The second-order valence-electron chi connectivity index (χ2n) is 10.1. The molecule has 6 rings (SSSR count). The third-order valence-electron chi connectivity index (χ3n) is 7.02. The molecule has 0 saturated carbocycles. The van der Waals surface area contributed by atoms with Gasteiger partial charge in [0.1, 0.15) is 34.6 Å². The maximum absolute atomic E-state index is 13.3. The van der Waals surface area contributed by atoms with Crippen LogP contribution < -0.4 is 9.47 Å². The van der Waals surface area contributed by atoms with Crippen molar-refractivity contribution >= 4 is 23.2 Å². The number of hydrogen-bond donors (Lipinski definition) is 0. The van der Waals surface area contributed by atoms with Crippen LogP contribution in [0.5, 0.6) is 23.0 Å². The molecule has 0 unspecified atom stereocenters. The lowest BCUT2D eigenvalue weighted by Gasteiger charge is -2.15. The minimum absolute atomic E-state index is 0.221. The van der Waals surface area contributed by atoms with Crippen LogP contribution in [0.3, 0.4) is 0 Å². The summed E-state index contributed by atoms with van der Waals surface area (Å²) in [5.41, 5.74) is 3.25. The van der Waals surface area contributed by atoms with E-state index in [4.69, 9.17) is 21.1 Å². The predicted octanol–water partition coefficient (Wildman–Crippen LogP) is 10.3. The van der Waals surface area contributed by atoms with E-state index in [1.165, 1.54) is 48.5 Å². The predicted molar refractivity (Wildman–Crippen MR) is 170 cm³/mol. The smallest absolute Gasteiger partial charge is 0.193 e. The highest BCUT2D eigenvalue weighted by Gasteiger charge is 2.14. The summed E-state index contributed by atoms with van der Waals surface area (Å²) < 4.78 is 38.9. The molecule has 0 aromatic heterocycles. The Labute approximate surface area is 263 Å². The van der Waals surface area contributed by atoms with E-state index < -0.39 is 11.6 Å². The quantitative estimate of drug-likeness (QED) is 0.152. The van der Waals surface area contributed by atoms with Gasteiger partial charge in [-0.25, -0.2) is 8.78 Å². The van der Waals surface area contributed by atoms with Crippen LogP contribution in [0, 0.1) is 11.6 Å². The molecule has 0 fully saturated rings. The average molecular weight is 617 g/mol. The van der Waals surface area contributed by atoms with Gasteiger partial charge in [-0.3, -0.25) is 9.59 Å². The fourth-order valence-corrected chi connectivity index (χ4v) is 4.79. The van der Waals surface area contributed by atoms with Gasteiger partial charge in [-0.1, -0.05) is 23.7 Å². The van der Waals surface area contributed by atoms with Crippen molar-refractivity contribution in [2.75, 3.05) is 0 Å². The Morgan fingerprint density at radius 3 is 1.33 bits per heavy atom. The number of ether oxygens (including phenoxy) is 2. The van der Waals surface area contributed by atoms with E-state index in [0.29, 0.717) is 50.3 Å². The number of rotatable bonds is 9. The van der Waals surface area contributed by atoms with Crippen molar-refractivity contribution in [2.45, 2.75) is 0 Å². The summed E-state index contributed by atoms with van der Waals surface area (Å²) in [6.07, 6.45) is 0. The SMILES string of the molecule is O=C(c1ccc(F)cc1)c1ccc(Oc2ccc(Oc3ccc(C(=O)c4ccc(F)cc4)cc3)c(-c3ccc(Cl)cc3)c2)cc1. The molecule has 0 atom stereocenters. The fourth-order valence-electron chi connectivity index (χ4n) is 4.66. The number of halogens is 3. The molecule has 7 heteroatoms. The maximum Gasteiger partial charge on any atom is 0.193 e. The molecule has 0 bridgehead atoms. The van der Waals surface area contributed by atoms with Crippen molar-refractivity contribution in [3.8, 4) is 34.1 Å². The molecule has 45 heavy (non-hydrogen) atoms. The summed E-state index contributed by atoms with van der Waals surface area (Å²) in [5, 5.41) is 0.588. The molecule has 4 nitrogen and oxygen atoms in total. The second-order valence-corrected chi connectivity index (χ2v) is 10.5. The minimum atomic E-state index is -0.406. The van der Waals surface area contributed by atoms with Gasteiger partial charge in [-0.05, 0) is 133 Å². The molecule has 0 aliphatic carbocycles. The molecule has 0 saturated heterocycles. The van der Waals surface area contributed by atoms with Gasteiger partial charge in [-0.15, -0.1) is 0 Å². The normalized spacial score (nSPS) is 10.7. The van der Waals surface area contributed by atoms with Crippen LogP contribution in [0.25, 0.3) is 11.1 Å². The molecular formula is C38H23ClF2O4. The number of carbonyl (C=O) groups excluding carboxylic acids is 2. The number of ketones is 2. The first-order valence-corrected chi connectivity index (χ1v) is 14.3. The van der Waals surface area contributed by atoms with Crippen LogP contribution in [-0.2, 0) is 0 Å². The lowest BCUT2D eigenvalue weighted by molar-refractivity contribution is 0.103. The first kappa shape index (κ1) is 29.5. The second kappa shape index (κ2) is 13.0. The minimum Gasteiger partial charge on any atom is -0.457 e. The summed E-state index contributed by atoms with van der Waals surface area (Å²) in [6, 6.07) is 36.9. The van der Waals surface area contributed by atoms with Crippen molar-refractivity contribution in [3.05, 3.63) is 178 Å². The van der Waals surface area contributed by atoms with Gasteiger partial charge in [0.15, 0.2) is 11.6 Å². The highest BCUT2D eigenvalue weighted by Crippen LogP contribution is 2.38. The lowest BCUT2D eigenvalue weighted by Crippen LogP contribution is -2.01. The van der Waals surface area contributed by atoms with Crippen LogP contribution in [0.1, 0.15) is 31.8 Å². The van der Waals surface area contributed by atoms with Crippen molar-refractivity contribution in [2.24, 2.45) is 0 Å². The third kappa shape index (κ3) is 6.98. The molecule has 6 aromatic carbocycles. The summed E-state index contributed by atoms with van der Waals surface area (Å²) in [6.45, 7) is 0. The van der Waals surface area contributed by atoms with Gasteiger partial charge < -0.3 is 9.47 Å². The van der Waals surface area contributed by atoms with Crippen LogP contribution in [0.2, 0.25) is 5.02 Å². The number of benzene rings is 6. The summed E-state index contributed by atoms with van der Waals surface area (Å²) in [5.74, 6) is 0.846. The molecule has 6 aromatic rings. The van der Waals surface area contributed by atoms with Gasteiger partial charge in [0.05, 0.1) is 0 Å². The van der Waals surface area contributed by atoms with E-state index in [1.807, 2.05) is 18.2 Å². The van der Waals surface area contributed by atoms with Crippen LogP contribution in [0.4, 0.5) is 8.78 Å². The molecule has 0 aliphatic rings. The molecule has 0 radical (unpaired) electrons. The lowest BCUT2D eigenvalue weighted by atomic mass is 10.0. The van der Waals surface area contributed by atoms with Crippen molar-refractivity contribution in [1.29, 1.82) is 0 Å². The molecule has 0 aliphatic heterocycles. The zero-order chi connectivity index (χ0) is 31.3. The van der Waals surface area contributed by atoms with Crippen LogP contribution >= 0.6 is 11.6 Å². The van der Waals surface area contributed by atoms with Gasteiger partial charge in [0, 0.05) is 32.8 Å².